The highest BCUT2D eigenvalue weighted by Gasteiger charge is 2.23. The van der Waals surface area contributed by atoms with Crippen molar-refractivity contribution in [3.05, 3.63) is 0 Å². The lowest BCUT2D eigenvalue weighted by Crippen LogP contribution is -2.42. The Morgan fingerprint density at radius 3 is 2.32 bits per heavy atom. The Morgan fingerprint density at radius 1 is 1.26 bits per heavy atom. The number of rotatable bonds is 4. The summed E-state index contributed by atoms with van der Waals surface area (Å²) in [6, 6.07) is -0.150. The van der Waals surface area contributed by atoms with Crippen molar-refractivity contribution in [2.75, 3.05) is 13.1 Å². The lowest BCUT2D eigenvalue weighted by Gasteiger charge is -2.24. The summed E-state index contributed by atoms with van der Waals surface area (Å²) >= 11 is 0. The van der Waals surface area contributed by atoms with Gasteiger partial charge in [-0.3, -0.25) is 4.79 Å². The molecule has 1 N–H and O–H groups in total. The molecule has 0 spiro atoms. The largest absolute Gasteiger partial charge is 0.444 e. The fourth-order valence-corrected chi connectivity index (χ4v) is 2.08. The van der Waals surface area contributed by atoms with Gasteiger partial charge in [0.25, 0.3) is 0 Å². The molecular formula is C14H26N2O3. The van der Waals surface area contributed by atoms with Gasteiger partial charge in [-0.25, -0.2) is 4.79 Å². The molecule has 1 atom stereocenters. The summed E-state index contributed by atoms with van der Waals surface area (Å²) in [5.41, 5.74) is -0.513. The Balaban J connectivity index is 2.40. The summed E-state index contributed by atoms with van der Waals surface area (Å²) < 4.78 is 5.20. The second kappa shape index (κ2) is 6.78. The molecule has 1 aliphatic heterocycles. The molecule has 0 aliphatic carbocycles. The monoisotopic (exact) mass is 270 g/mol. The van der Waals surface area contributed by atoms with Gasteiger partial charge in [0.15, 0.2) is 0 Å². The van der Waals surface area contributed by atoms with Crippen molar-refractivity contribution < 1.29 is 14.3 Å². The highest BCUT2D eigenvalue weighted by molar-refractivity contribution is 5.78. The van der Waals surface area contributed by atoms with Crippen molar-refractivity contribution in [3.8, 4) is 0 Å². The Bertz CT molecular complexity index is 317. The van der Waals surface area contributed by atoms with E-state index in [0.29, 0.717) is 6.42 Å². The standard InChI is InChI=1S/C14H26N2O3/c1-5-11(15-13(18)19-14(2,3)4)10-12(17)16-8-6-7-9-16/h11H,5-10H2,1-4H3,(H,15,18). The predicted molar refractivity (Wildman–Crippen MR) is 73.9 cm³/mol. The smallest absolute Gasteiger partial charge is 0.407 e. The van der Waals surface area contributed by atoms with Crippen LogP contribution in [0.2, 0.25) is 0 Å². The number of nitrogens with zero attached hydrogens (tertiary/aromatic N) is 1. The Morgan fingerprint density at radius 2 is 1.84 bits per heavy atom. The Hall–Kier alpha value is -1.26. The maximum Gasteiger partial charge on any atom is 0.407 e. The number of carbonyl (C=O) groups is 2. The van der Waals surface area contributed by atoms with Crippen LogP contribution in [-0.4, -0.2) is 41.6 Å². The van der Waals surface area contributed by atoms with Gasteiger partial charge in [-0.15, -0.1) is 0 Å². The molecule has 5 nitrogen and oxygen atoms in total. The third-order valence-electron chi connectivity index (χ3n) is 3.09. The van der Waals surface area contributed by atoms with E-state index in [1.54, 1.807) is 0 Å². The second-order valence-corrected chi connectivity index (χ2v) is 6.04. The van der Waals surface area contributed by atoms with Crippen LogP contribution in [0.15, 0.2) is 0 Å². The van der Waals surface area contributed by atoms with E-state index in [2.05, 4.69) is 5.32 Å². The average Bonchev–Trinajstić information content (AvgIpc) is 2.78. The van der Waals surface area contributed by atoms with Gasteiger partial charge >= 0.3 is 6.09 Å². The van der Waals surface area contributed by atoms with Crippen LogP contribution in [0, 0.1) is 0 Å². The van der Waals surface area contributed by atoms with Crippen molar-refractivity contribution in [1.82, 2.24) is 10.2 Å². The molecule has 1 fully saturated rings. The zero-order chi connectivity index (χ0) is 14.5. The molecule has 2 amide bonds. The molecule has 5 heteroatoms. The number of hydrogen-bond donors (Lipinski definition) is 1. The maximum absolute atomic E-state index is 12.0. The molecular weight excluding hydrogens is 244 g/mol. The van der Waals surface area contributed by atoms with Gasteiger partial charge in [-0.1, -0.05) is 6.92 Å². The van der Waals surface area contributed by atoms with Crippen LogP contribution in [0.25, 0.3) is 0 Å². The fourth-order valence-electron chi connectivity index (χ4n) is 2.08. The number of alkyl carbamates (subject to hydrolysis) is 1. The van der Waals surface area contributed by atoms with Gasteiger partial charge in [0, 0.05) is 25.6 Å². The number of amides is 2. The first-order valence-electron chi connectivity index (χ1n) is 7.09. The number of likely N-dealkylation sites (tertiary alicyclic amines) is 1. The first-order valence-corrected chi connectivity index (χ1v) is 7.09. The maximum atomic E-state index is 12.0. The minimum absolute atomic E-state index is 0.125. The SMILES string of the molecule is CCC(CC(=O)N1CCCC1)NC(=O)OC(C)(C)C. The third-order valence-corrected chi connectivity index (χ3v) is 3.09. The summed E-state index contributed by atoms with van der Waals surface area (Å²) in [5.74, 6) is 0.125. The molecule has 0 aromatic rings. The van der Waals surface area contributed by atoms with Crippen LogP contribution < -0.4 is 5.32 Å². The van der Waals surface area contributed by atoms with Gasteiger partial charge in [0.1, 0.15) is 5.60 Å². The van der Waals surface area contributed by atoms with Crippen molar-refractivity contribution in [3.63, 3.8) is 0 Å². The molecule has 1 aliphatic rings. The quantitative estimate of drug-likeness (QED) is 0.852. The number of hydrogen-bond acceptors (Lipinski definition) is 3. The van der Waals surface area contributed by atoms with E-state index in [0.717, 1.165) is 32.4 Å². The normalized spacial score (nSPS) is 17.2. The molecule has 1 unspecified atom stereocenters. The molecule has 0 radical (unpaired) electrons. The van der Waals surface area contributed by atoms with Crippen LogP contribution in [-0.2, 0) is 9.53 Å². The Labute approximate surface area is 115 Å². The van der Waals surface area contributed by atoms with Gasteiger partial charge in [0.05, 0.1) is 0 Å². The topological polar surface area (TPSA) is 58.6 Å². The van der Waals surface area contributed by atoms with Crippen molar-refractivity contribution in [2.24, 2.45) is 0 Å². The van der Waals surface area contributed by atoms with E-state index in [1.165, 1.54) is 0 Å². The van der Waals surface area contributed by atoms with Gasteiger partial charge < -0.3 is 15.0 Å². The molecule has 110 valence electrons. The predicted octanol–water partition coefficient (Wildman–Crippen LogP) is 2.30. The van der Waals surface area contributed by atoms with E-state index >= 15 is 0 Å². The molecule has 0 aromatic heterocycles. The first kappa shape index (κ1) is 15.8. The molecule has 0 aromatic carbocycles. The third kappa shape index (κ3) is 5.94. The van der Waals surface area contributed by atoms with Crippen LogP contribution in [0.3, 0.4) is 0 Å². The summed E-state index contributed by atoms with van der Waals surface area (Å²) in [5, 5.41) is 2.77. The molecule has 0 bridgehead atoms. The molecule has 1 rings (SSSR count). The summed E-state index contributed by atoms with van der Waals surface area (Å²) in [6.45, 7) is 9.12. The van der Waals surface area contributed by atoms with Crippen molar-refractivity contribution in [1.29, 1.82) is 0 Å². The number of carbonyl (C=O) groups excluding carboxylic acids is 2. The zero-order valence-corrected chi connectivity index (χ0v) is 12.5. The molecule has 1 saturated heterocycles. The van der Waals surface area contributed by atoms with Gasteiger partial charge in [0.2, 0.25) is 5.91 Å². The Kier molecular flexibility index (Phi) is 5.63. The number of nitrogens with one attached hydrogen (secondary N) is 1. The van der Waals surface area contributed by atoms with E-state index in [9.17, 15) is 9.59 Å². The summed E-state index contributed by atoms with van der Waals surface area (Å²) in [4.78, 5) is 25.6. The summed E-state index contributed by atoms with van der Waals surface area (Å²) in [7, 11) is 0. The molecule has 1 heterocycles. The lowest BCUT2D eigenvalue weighted by atomic mass is 10.1. The van der Waals surface area contributed by atoms with E-state index in [1.807, 2.05) is 32.6 Å². The number of ether oxygens (including phenoxy) is 1. The zero-order valence-electron chi connectivity index (χ0n) is 12.5. The van der Waals surface area contributed by atoms with Gasteiger partial charge in [-0.05, 0) is 40.0 Å². The average molecular weight is 270 g/mol. The first-order chi connectivity index (χ1) is 8.81. The van der Waals surface area contributed by atoms with E-state index < -0.39 is 11.7 Å². The molecule has 19 heavy (non-hydrogen) atoms. The summed E-state index contributed by atoms with van der Waals surface area (Å²) in [6.07, 6.45) is 2.80. The lowest BCUT2D eigenvalue weighted by molar-refractivity contribution is -0.130. The van der Waals surface area contributed by atoms with Crippen molar-refractivity contribution >= 4 is 12.0 Å². The van der Waals surface area contributed by atoms with E-state index in [4.69, 9.17) is 4.74 Å². The minimum atomic E-state index is -0.513. The van der Waals surface area contributed by atoms with E-state index in [-0.39, 0.29) is 11.9 Å². The van der Waals surface area contributed by atoms with Crippen molar-refractivity contribution in [2.45, 2.75) is 65.0 Å². The van der Waals surface area contributed by atoms with Crippen LogP contribution in [0.5, 0.6) is 0 Å². The highest BCUT2D eigenvalue weighted by atomic mass is 16.6. The minimum Gasteiger partial charge on any atom is -0.444 e. The second-order valence-electron chi connectivity index (χ2n) is 6.04. The fraction of sp³-hybridized carbons (Fsp3) is 0.857. The van der Waals surface area contributed by atoms with Crippen LogP contribution in [0.1, 0.15) is 53.4 Å². The highest BCUT2D eigenvalue weighted by Crippen LogP contribution is 2.12. The van der Waals surface area contributed by atoms with Crippen LogP contribution in [0.4, 0.5) is 4.79 Å². The molecule has 0 saturated carbocycles. The van der Waals surface area contributed by atoms with Gasteiger partial charge in [-0.2, -0.15) is 0 Å². The van der Waals surface area contributed by atoms with Crippen LogP contribution >= 0.6 is 0 Å².